The van der Waals surface area contributed by atoms with Crippen LogP contribution in [-0.2, 0) is 6.54 Å². The molecule has 0 fully saturated rings. The average Bonchev–Trinajstić information content (AvgIpc) is 2.26. The Labute approximate surface area is 98.2 Å². The van der Waals surface area contributed by atoms with E-state index in [4.69, 9.17) is 27.5 Å². The molecule has 0 radical (unpaired) electrons. The largest absolute Gasteiger partial charge is 0.394 e. The molecule has 1 aromatic rings. The van der Waals surface area contributed by atoms with Crippen LogP contribution in [0.3, 0.4) is 0 Å². The molecule has 0 aliphatic heterocycles. The van der Waals surface area contributed by atoms with Crippen molar-refractivity contribution in [3.05, 3.63) is 28.8 Å². The Morgan fingerprint density at radius 3 is 2.73 bits per heavy atom. The van der Waals surface area contributed by atoms with Gasteiger partial charge in [0.1, 0.15) is 0 Å². The van der Waals surface area contributed by atoms with Gasteiger partial charge in [-0.25, -0.2) is 0 Å². The molecule has 0 aliphatic rings. The maximum absolute atomic E-state index is 9.17. The molecule has 15 heavy (non-hydrogen) atoms. The standard InChI is InChI=1S/C10H14ClNO2S/c11-10-3-9(2-1-7(10)4-12)15-6-8(14)5-13/h1-3,8,13-14H,4-6,12H2. The van der Waals surface area contributed by atoms with Gasteiger partial charge in [0.2, 0.25) is 0 Å². The number of benzene rings is 1. The number of rotatable bonds is 5. The Kier molecular flexibility index (Phi) is 5.42. The third-order valence-electron chi connectivity index (χ3n) is 1.90. The van der Waals surface area contributed by atoms with E-state index < -0.39 is 6.10 Å². The van der Waals surface area contributed by atoms with Gasteiger partial charge in [-0.05, 0) is 17.7 Å². The summed E-state index contributed by atoms with van der Waals surface area (Å²) in [4.78, 5) is 0.963. The molecule has 0 bridgehead atoms. The molecule has 1 rings (SSSR count). The quantitative estimate of drug-likeness (QED) is 0.685. The zero-order valence-electron chi connectivity index (χ0n) is 8.19. The van der Waals surface area contributed by atoms with E-state index in [1.54, 1.807) is 0 Å². The fraction of sp³-hybridized carbons (Fsp3) is 0.400. The fourth-order valence-corrected chi connectivity index (χ4v) is 2.21. The van der Waals surface area contributed by atoms with Crippen molar-refractivity contribution in [1.29, 1.82) is 0 Å². The lowest BCUT2D eigenvalue weighted by Crippen LogP contribution is -2.14. The van der Waals surface area contributed by atoms with Crippen molar-refractivity contribution in [3.63, 3.8) is 0 Å². The molecule has 4 N–H and O–H groups in total. The lowest BCUT2D eigenvalue weighted by Gasteiger charge is -2.08. The number of hydrogen-bond donors (Lipinski definition) is 3. The molecule has 0 aliphatic carbocycles. The van der Waals surface area contributed by atoms with Gasteiger partial charge in [0.15, 0.2) is 0 Å². The van der Waals surface area contributed by atoms with Crippen LogP contribution in [0.15, 0.2) is 23.1 Å². The molecule has 3 nitrogen and oxygen atoms in total. The van der Waals surface area contributed by atoms with Crippen LogP contribution in [0.1, 0.15) is 5.56 Å². The minimum Gasteiger partial charge on any atom is -0.394 e. The van der Waals surface area contributed by atoms with Gasteiger partial charge in [-0.3, -0.25) is 0 Å². The molecule has 0 amide bonds. The zero-order chi connectivity index (χ0) is 11.3. The smallest absolute Gasteiger partial charge is 0.0864 e. The van der Waals surface area contributed by atoms with Crippen LogP contribution in [0.4, 0.5) is 0 Å². The maximum Gasteiger partial charge on any atom is 0.0864 e. The van der Waals surface area contributed by atoms with E-state index in [9.17, 15) is 0 Å². The van der Waals surface area contributed by atoms with Crippen LogP contribution in [-0.4, -0.2) is 28.7 Å². The highest BCUT2D eigenvalue weighted by Gasteiger charge is 2.05. The molecule has 0 aromatic heterocycles. The average molecular weight is 248 g/mol. The van der Waals surface area contributed by atoms with Crippen molar-refractivity contribution in [2.75, 3.05) is 12.4 Å². The first-order valence-corrected chi connectivity index (χ1v) is 5.94. The molecule has 0 heterocycles. The third kappa shape index (κ3) is 4.01. The lowest BCUT2D eigenvalue weighted by molar-refractivity contribution is 0.113. The van der Waals surface area contributed by atoms with Crippen molar-refractivity contribution in [1.82, 2.24) is 0 Å². The number of nitrogens with two attached hydrogens (primary N) is 1. The van der Waals surface area contributed by atoms with E-state index in [1.807, 2.05) is 18.2 Å². The molecule has 1 unspecified atom stereocenters. The minimum absolute atomic E-state index is 0.221. The van der Waals surface area contributed by atoms with Crippen LogP contribution in [0.25, 0.3) is 0 Å². The molecular formula is C10H14ClNO2S. The first-order valence-electron chi connectivity index (χ1n) is 4.57. The number of hydrogen-bond acceptors (Lipinski definition) is 4. The van der Waals surface area contributed by atoms with E-state index >= 15 is 0 Å². The van der Waals surface area contributed by atoms with Crippen LogP contribution < -0.4 is 5.73 Å². The number of aliphatic hydroxyl groups excluding tert-OH is 2. The van der Waals surface area contributed by atoms with Crippen molar-refractivity contribution in [2.24, 2.45) is 5.73 Å². The monoisotopic (exact) mass is 247 g/mol. The Bertz CT molecular complexity index is 322. The number of aliphatic hydroxyl groups is 2. The Morgan fingerprint density at radius 2 is 2.20 bits per heavy atom. The van der Waals surface area contributed by atoms with Crippen LogP contribution >= 0.6 is 23.4 Å². The van der Waals surface area contributed by atoms with Gasteiger partial charge in [0.25, 0.3) is 0 Å². The van der Waals surface area contributed by atoms with Crippen molar-refractivity contribution >= 4 is 23.4 Å². The maximum atomic E-state index is 9.17. The first-order chi connectivity index (χ1) is 7.17. The van der Waals surface area contributed by atoms with Gasteiger partial charge in [0, 0.05) is 22.2 Å². The Morgan fingerprint density at radius 1 is 1.47 bits per heavy atom. The van der Waals surface area contributed by atoms with Crippen LogP contribution in [0.2, 0.25) is 5.02 Å². The summed E-state index contributed by atoms with van der Waals surface area (Å²) in [6.45, 7) is 0.199. The summed E-state index contributed by atoms with van der Waals surface area (Å²) in [5.74, 6) is 0.453. The van der Waals surface area contributed by atoms with E-state index in [0.717, 1.165) is 10.5 Å². The highest BCUT2D eigenvalue weighted by atomic mass is 35.5. The van der Waals surface area contributed by atoms with E-state index in [-0.39, 0.29) is 6.61 Å². The molecular weight excluding hydrogens is 234 g/mol. The van der Waals surface area contributed by atoms with Gasteiger partial charge in [-0.15, -0.1) is 11.8 Å². The van der Waals surface area contributed by atoms with E-state index in [1.165, 1.54) is 11.8 Å². The van der Waals surface area contributed by atoms with Crippen LogP contribution in [0.5, 0.6) is 0 Å². The van der Waals surface area contributed by atoms with Gasteiger partial charge in [-0.2, -0.15) is 0 Å². The predicted molar refractivity (Wildman–Crippen MR) is 63.2 cm³/mol. The van der Waals surface area contributed by atoms with E-state index in [0.29, 0.717) is 17.3 Å². The Hall–Kier alpha value is -0.260. The summed E-state index contributed by atoms with van der Waals surface area (Å²) in [6, 6.07) is 5.59. The van der Waals surface area contributed by atoms with Gasteiger partial charge in [-0.1, -0.05) is 17.7 Å². The molecule has 0 saturated heterocycles. The Balaban J connectivity index is 2.59. The predicted octanol–water partition coefficient (Wildman–Crippen LogP) is 1.24. The summed E-state index contributed by atoms with van der Waals surface area (Å²) >= 11 is 7.42. The fourth-order valence-electron chi connectivity index (χ4n) is 1.03. The lowest BCUT2D eigenvalue weighted by atomic mass is 10.2. The summed E-state index contributed by atoms with van der Waals surface area (Å²) in [5, 5.41) is 18.4. The SMILES string of the molecule is NCc1ccc(SCC(O)CO)cc1Cl. The zero-order valence-corrected chi connectivity index (χ0v) is 9.76. The first kappa shape index (κ1) is 12.8. The molecule has 0 spiro atoms. The third-order valence-corrected chi connectivity index (χ3v) is 3.39. The molecule has 1 atom stereocenters. The molecule has 1 aromatic carbocycles. The second-order valence-corrected chi connectivity index (χ2v) is 4.61. The second-order valence-electron chi connectivity index (χ2n) is 3.10. The number of thioether (sulfide) groups is 1. The topological polar surface area (TPSA) is 66.5 Å². The summed E-state index contributed by atoms with van der Waals surface area (Å²) < 4.78 is 0. The summed E-state index contributed by atoms with van der Waals surface area (Å²) in [5.41, 5.74) is 6.39. The summed E-state index contributed by atoms with van der Waals surface area (Å²) in [6.07, 6.45) is -0.692. The van der Waals surface area contributed by atoms with Crippen LogP contribution in [0, 0.1) is 0 Å². The van der Waals surface area contributed by atoms with Crippen molar-refractivity contribution in [2.45, 2.75) is 17.5 Å². The van der Waals surface area contributed by atoms with Crippen molar-refractivity contribution < 1.29 is 10.2 Å². The highest BCUT2D eigenvalue weighted by Crippen LogP contribution is 2.25. The molecule has 84 valence electrons. The molecule has 5 heteroatoms. The van der Waals surface area contributed by atoms with E-state index in [2.05, 4.69) is 0 Å². The highest BCUT2D eigenvalue weighted by molar-refractivity contribution is 7.99. The second kappa shape index (κ2) is 6.35. The van der Waals surface area contributed by atoms with Crippen molar-refractivity contribution in [3.8, 4) is 0 Å². The number of halogens is 1. The molecule has 0 saturated carbocycles. The van der Waals surface area contributed by atoms with Gasteiger partial charge < -0.3 is 15.9 Å². The van der Waals surface area contributed by atoms with Gasteiger partial charge >= 0.3 is 0 Å². The summed E-state index contributed by atoms with van der Waals surface area (Å²) in [7, 11) is 0. The minimum atomic E-state index is -0.692. The van der Waals surface area contributed by atoms with Gasteiger partial charge in [0.05, 0.1) is 12.7 Å². The normalized spacial score (nSPS) is 12.8.